The number of nitrogens with zero attached hydrogens (tertiary/aromatic N) is 4. The van der Waals surface area contributed by atoms with Gasteiger partial charge in [-0.3, -0.25) is 4.90 Å². The third-order valence-electron chi connectivity index (χ3n) is 6.37. The van der Waals surface area contributed by atoms with E-state index in [0.29, 0.717) is 11.5 Å². The fourth-order valence-corrected chi connectivity index (χ4v) is 5.67. The predicted molar refractivity (Wildman–Crippen MR) is 133 cm³/mol. The molecule has 8 heteroatoms. The van der Waals surface area contributed by atoms with E-state index in [2.05, 4.69) is 17.0 Å². The van der Waals surface area contributed by atoms with E-state index in [1.807, 2.05) is 61.2 Å². The molecule has 2 aliphatic heterocycles. The first-order valence-electron chi connectivity index (χ1n) is 11.3. The number of nitriles is 1. The van der Waals surface area contributed by atoms with Gasteiger partial charge in [-0.15, -0.1) is 0 Å². The van der Waals surface area contributed by atoms with Gasteiger partial charge in [0.05, 0.1) is 30.0 Å². The minimum Gasteiger partial charge on any atom is -0.496 e. The Bertz CT molecular complexity index is 1270. The standard InChI is InChI=1S/C26H27N5O2S/c1-17-23-24(18-8-9-22(32-2)19(14-18)16-30-10-12-34-13-11-30)21(15-27)25(28)33-26(23)31(29-17)20-6-4-3-5-7-20/h3-9,14,24H,10-13,16,28H2,1-2H3. The highest BCUT2D eigenvalue weighted by molar-refractivity contribution is 7.99. The van der Waals surface area contributed by atoms with E-state index < -0.39 is 0 Å². The number of benzene rings is 2. The summed E-state index contributed by atoms with van der Waals surface area (Å²) in [7, 11) is 1.70. The monoisotopic (exact) mass is 473 g/mol. The molecule has 0 radical (unpaired) electrons. The molecule has 1 aromatic heterocycles. The molecule has 0 amide bonds. The zero-order valence-electron chi connectivity index (χ0n) is 19.3. The zero-order chi connectivity index (χ0) is 23.7. The number of para-hydroxylation sites is 1. The van der Waals surface area contributed by atoms with Crippen LogP contribution in [-0.2, 0) is 6.54 Å². The molecule has 1 fully saturated rings. The van der Waals surface area contributed by atoms with Gasteiger partial charge in [0.2, 0.25) is 11.8 Å². The van der Waals surface area contributed by atoms with Crippen LogP contribution in [0, 0.1) is 18.3 Å². The Hall–Kier alpha value is -3.41. The van der Waals surface area contributed by atoms with E-state index in [0.717, 1.165) is 65.0 Å². The van der Waals surface area contributed by atoms with Crippen molar-refractivity contribution in [2.45, 2.75) is 19.4 Å². The number of aromatic nitrogens is 2. The van der Waals surface area contributed by atoms with Crippen LogP contribution in [0.25, 0.3) is 5.69 Å². The number of aryl methyl sites for hydroxylation is 1. The molecule has 34 heavy (non-hydrogen) atoms. The summed E-state index contributed by atoms with van der Waals surface area (Å²) in [6.07, 6.45) is 0. The minimum absolute atomic E-state index is 0.113. The summed E-state index contributed by atoms with van der Waals surface area (Å²) in [4.78, 5) is 2.45. The molecule has 174 valence electrons. The maximum Gasteiger partial charge on any atom is 0.229 e. The minimum atomic E-state index is -0.368. The summed E-state index contributed by atoms with van der Waals surface area (Å²) in [6, 6.07) is 18.2. The van der Waals surface area contributed by atoms with Crippen molar-refractivity contribution in [3.8, 4) is 23.4 Å². The number of fused-ring (bicyclic) bond motifs is 1. The molecular weight excluding hydrogens is 446 g/mol. The highest BCUT2D eigenvalue weighted by Crippen LogP contribution is 2.45. The zero-order valence-corrected chi connectivity index (χ0v) is 20.1. The Kier molecular flexibility index (Phi) is 6.22. The molecule has 2 N–H and O–H groups in total. The van der Waals surface area contributed by atoms with Gasteiger partial charge in [-0.05, 0) is 36.8 Å². The molecule has 5 rings (SSSR count). The Labute approximate surface area is 203 Å². The SMILES string of the molecule is COc1ccc(C2C(C#N)=C(N)Oc3c2c(C)nn3-c2ccccc2)cc1CN1CCSCC1. The topological polar surface area (TPSA) is 89.3 Å². The lowest BCUT2D eigenvalue weighted by Gasteiger charge is -2.28. The van der Waals surface area contributed by atoms with E-state index in [9.17, 15) is 5.26 Å². The van der Waals surface area contributed by atoms with Crippen molar-refractivity contribution in [2.24, 2.45) is 5.73 Å². The van der Waals surface area contributed by atoms with Crippen LogP contribution in [0.4, 0.5) is 0 Å². The lowest BCUT2D eigenvalue weighted by Crippen LogP contribution is -2.32. The lowest BCUT2D eigenvalue weighted by atomic mass is 9.83. The van der Waals surface area contributed by atoms with Gasteiger partial charge in [-0.25, -0.2) is 4.68 Å². The van der Waals surface area contributed by atoms with E-state index >= 15 is 0 Å². The van der Waals surface area contributed by atoms with Crippen LogP contribution in [-0.4, -0.2) is 46.4 Å². The largest absolute Gasteiger partial charge is 0.496 e. The van der Waals surface area contributed by atoms with E-state index in [1.165, 1.54) is 0 Å². The van der Waals surface area contributed by atoms with Crippen molar-refractivity contribution in [1.82, 2.24) is 14.7 Å². The van der Waals surface area contributed by atoms with Crippen LogP contribution in [0.1, 0.15) is 28.3 Å². The lowest BCUT2D eigenvalue weighted by molar-refractivity contribution is 0.288. The number of methoxy groups -OCH3 is 1. The molecule has 3 heterocycles. The van der Waals surface area contributed by atoms with Crippen molar-refractivity contribution >= 4 is 11.8 Å². The Morgan fingerprint density at radius 1 is 1.21 bits per heavy atom. The first-order valence-corrected chi connectivity index (χ1v) is 12.5. The maximum absolute atomic E-state index is 10.0. The summed E-state index contributed by atoms with van der Waals surface area (Å²) in [6.45, 7) is 4.86. The van der Waals surface area contributed by atoms with Gasteiger partial charge in [0.1, 0.15) is 17.4 Å². The van der Waals surface area contributed by atoms with Crippen LogP contribution >= 0.6 is 11.8 Å². The highest BCUT2D eigenvalue weighted by atomic mass is 32.2. The first kappa shape index (κ1) is 22.4. The van der Waals surface area contributed by atoms with Crippen LogP contribution in [0.5, 0.6) is 11.6 Å². The second-order valence-electron chi connectivity index (χ2n) is 8.44. The van der Waals surface area contributed by atoms with Gasteiger partial charge < -0.3 is 15.2 Å². The van der Waals surface area contributed by atoms with Gasteiger partial charge in [0, 0.05) is 36.7 Å². The number of hydrogen-bond acceptors (Lipinski definition) is 7. The molecule has 0 spiro atoms. The first-order chi connectivity index (χ1) is 16.6. The van der Waals surface area contributed by atoms with E-state index in [-0.39, 0.29) is 11.8 Å². The molecule has 1 atom stereocenters. The highest BCUT2D eigenvalue weighted by Gasteiger charge is 2.36. The third-order valence-corrected chi connectivity index (χ3v) is 7.31. The Morgan fingerprint density at radius 2 is 1.97 bits per heavy atom. The number of ether oxygens (including phenoxy) is 2. The quantitative estimate of drug-likeness (QED) is 0.600. The van der Waals surface area contributed by atoms with E-state index in [1.54, 1.807) is 11.8 Å². The molecule has 0 saturated carbocycles. The van der Waals surface area contributed by atoms with Gasteiger partial charge in [0.15, 0.2) is 0 Å². The summed E-state index contributed by atoms with van der Waals surface area (Å²) in [5, 5.41) is 14.8. The molecular formula is C26H27N5O2S. The predicted octanol–water partition coefficient (Wildman–Crippen LogP) is 3.96. The Balaban J connectivity index is 1.62. The molecule has 2 aromatic carbocycles. The van der Waals surface area contributed by atoms with Gasteiger partial charge in [-0.2, -0.15) is 22.1 Å². The van der Waals surface area contributed by atoms with Crippen LogP contribution in [0.2, 0.25) is 0 Å². The summed E-state index contributed by atoms with van der Waals surface area (Å²) in [5.74, 6) is 3.43. The number of hydrogen-bond donors (Lipinski definition) is 1. The molecule has 3 aromatic rings. The van der Waals surface area contributed by atoms with Crippen LogP contribution in [0.15, 0.2) is 60.0 Å². The van der Waals surface area contributed by atoms with Gasteiger partial charge in [0.25, 0.3) is 0 Å². The summed E-state index contributed by atoms with van der Waals surface area (Å²) in [5.41, 5.74) is 11.3. The Morgan fingerprint density at radius 3 is 2.68 bits per heavy atom. The fourth-order valence-electron chi connectivity index (χ4n) is 4.69. The number of nitrogens with two attached hydrogens (primary N) is 1. The van der Waals surface area contributed by atoms with Crippen molar-refractivity contribution in [1.29, 1.82) is 5.26 Å². The average molecular weight is 474 g/mol. The maximum atomic E-state index is 10.0. The van der Waals surface area contributed by atoms with Gasteiger partial charge >= 0.3 is 0 Å². The molecule has 1 saturated heterocycles. The van der Waals surface area contributed by atoms with Crippen LogP contribution in [0.3, 0.4) is 0 Å². The second kappa shape index (κ2) is 9.45. The molecule has 0 aliphatic carbocycles. The smallest absolute Gasteiger partial charge is 0.229 e. The van der Waals surface area contributed by atoms with Crippen molar-refractivity contribution in [2.75, 3.05) is 31.7 Å². The molecule has 7 nitrogen and oxygen atoms in total. The van der Waals surface area contributed by atoms with Crippen molar-refractivity contribution < 1.29 is 9.47 Å². The summed E-state index contributed by atoms with van der Waals surface area (Å²) < 4.78 is 13.4. The second-order valence-corrected chi connectivity index (χ2v) is 9.66. The summed E-state index contributed by atoms with van der Waals surface area (Å²) >= 11 is 1.99. The normalized spacial score (nSPS) is 18.2. The van der Waals surface area contributed by atoms with Crippen molar-refractivity contribution in [3.63, 3.8) is 0 Å². The van der Waals surface area contributed by atoms with E-state index in [4.69, 9.17) is 20.3 Å². The fraction of sp³-hybridized carbons (Fsp3) is 0.308. The number of thioether (sulfide) groups is 1. The average Bonchev–Trinajstić information content (AvgIpc) is 3.20. The molecule has 0 bridgehead atoms. The van der Waals surface area contributed by atoms with Crippen LogP contribution < -0.4 is 15.2 Å². The van der Waals surface area contributed by atoms with Crippen molar-refractivity contribution in [3.05, 3.63) is 82.4 Å². The number of rotatable bonds is 5. The third kappa shape index (κ3) is 4.02. The van der Waals surface area contributed by atoms with Gasteiger partial charge in [-0.1, -0.05) is 24.3 Å². The molecule has 1 unspecified atom stereocenters. The molecule has 2 aliphatic rings. The number of allylic oxidation sites excluding steroid dienone is 1.